The highest BCUT2D eigenvalue weighted by molar-refractivity contribution is 5.88. The first-order chi connectivity index (χ1) is 10.0. The van der Waals surface area contributed by atoms with Crippen molar-refractivity contribution in [3.63, 3.8) is 0 Å². The minimum absolute atomic E-state index is 0.0502. The molecule has 0 saturated carbocycles. The second-order valence-electron chi connectivity index (χ2n) is 5.11. The number of hydrogen-bond donors (Lipinski definition) is 1. The van der Waals surface area contributed by atoms with Crippen LogP contribution in [-0.4, -0.2) is 37.6 Å². The monoisotopic (exact) mass is 293 g/mol. The molecule has 0 aromatic heterocycles. The lowest BCUT2D eigenvalue weighted by Gasteiger charge is -2.19. The van der Waals surface area contributed by atoms with Gasteiger partial charge in [-0.15, -0.1) is 0 Å². The Balaban J connectivity index is 2.17. The highest BCUT2D eigenvalue weighted by Crippen LogP contribution is 2.07. The van der Waals surface area contributed by atoms with Gasteiger partial charge in [-0.25, -0.2) is 0 Å². The molecule has 0 aliphatic carbocycles. The van der Waals surface area contributed by atoms with Crippen molar-refractivity contribution in [2.45, 2.75) is 26.8 Å². The number of carbonyl (C=O) groups is 2. The third-order valence-electron chi connectivity index (χ3n) is 2.89. The van der Waals surface area contributed by atoms with Crippen molar-refractivity contribution < 1.29 is 19.1 Å². The summed E-state index contributed by atoms with van der Waals surface area (Å²) in [6.45, 7) is 5.86. The molecule has 1 rings (SSSR count). The van der Waals surface area contributed by atoms with Crippen molar-refractivity contribution >= 4 is 11.7 Å². The molecule has 0 aliphatic heterocycles. The van der Waals surface area contributed by atoms with Gasteiger partial charge in [0.1, 0.15) is 19.0 Å². The predicted molar refractivity (Wildman–Crippen MR) is 80.2 cm³/mol. The third kappa shape index (κ3) is 6.90. The van der Waals surface area contributed by atoms with Gasteiger partial charge in [0.15, 0.2) is 5.78 Å². The van der Waals surface area contributed by atoms with Gasteiger partial charge < -0.3 is 14.8 Å². The van der Waals surface area contributed by atoms with Gasteiger partial charge in [-0.3, -0.25) is 9.59 Å². The van der Waals surface area contributed by atoms with E-state index < -0.39 is 6.04 Å². The van der Waals surface area contributed by atoms with Crippen molar-refractivity contribution in [1.82, 2.24) is 5.32 Å². The van der Waals surface area contributed by atoms with Crippen molar-refractivity contribution in [3.8, 4) is 5.75 Å². The number of ether oxygens (including phenoxy) is 2. The Morgan fingerprint density at radius 3 is 2.38 bits per heavy atom. The zero-order valence-electron chi connectivity index (χ0n) is 12.8. The fraction of sp³-hybridized carbons (Fsp3) is 0.500. The average Bonchev–Trinajstić information content (AvgIpc) is 2.45. The highest BCUT2D eigenvalue weighted by atomic mass is 16.5. The van der Waals surface area contributed by atoms with E-state index in [9.17, 15) is 9.59 Å². The molecular weight excluding hydrogens is 270 g/mol. The van der Waals surface area contributed by atoms with E-state index >= 15 is 0 Å². The molecule has 5 nitrogen and oxygen atoms in total. The Morgan fingerprint density at radius 2 is 1.81 bits per heavy atom. The number of ketones is 1. The van der Waals surface area contributed by atoms with Crippen molar-refractivity contribution in [2.24, 2.45) is 5.92 Å². The zero-order chi connectivity index (χ0) is 15.7. The van der Waals surface area contributed by atoms with Crippen molar-refractivity contribution in [2.75, 3.05) is 19.8 Å². The molecule has 0 bridgehead atoms. The van der Waals surface area contributed by atoms with Crippen molar-refractivity contribution in [3.05, 3.63) is 30.3 Å². The van der Waals surface area contributed by atoms with E-state index in [2.05, 4.69) is 5.32 Å². The molecule has 116 valence electrons. The van der Waals surface area contributed by atoms with Crippen LogP contribution in [0.3, 0.4) is 0 Å². The van der Waals surface area contributed by atoms with Crippen LogP contribution >= 0.6 is 0 Å². The molecule has 1 amide bonds. The topological polar surface area (TPSA) is 64.6 Å². The van der Waals surface area contributed by atoms with E-state index in [0.29, 0.717) is 13.2 Å². The second kappa shape index (κ2) is 9.13. The normalized spacial score (nSPS) is 12.0. The Labute approximate surface area is 125 Å². The van der Waals surface area contributed by atoms with Crippen LogP contribution in [0.4, 0.5) is 0 Å². The van der Waals surface area contributed by atoms with Gasteiger partial charge in [0.05, 0.1) is 12.6 Å². The number of nitrogens with one attached hydrogen (secondary N) is 1. The number of para-hydroxylation sites is 1. The Bertz CT molecular complexity index is 445. The Hall–Kier alpha value is -1.88. The maximum Gasteiger partial charge on any atom is 0.246 e. The summed E-state index contributed by atoms with van der Waals surface area (Å²) in [5.41, 5.74) is 0. The van der Waals surface area contributed by atoms with Crippen LogP contribution in [0.15, 0.2) is 30.3 Å². The van der Waals surface area contributed by atoms with E-state index in [1.165, 1.54) is 6.92 Å². The lowest BCUT2D eigenvalue weighted by molar-refractivity contribution is -0.131. The van der Waals surface area contributed by atoms with Crippen LogP contribution in [0, 0.1) is 5.92 Å². The van der Waals surface area contributed by atoms with E-state index in [4.69, 9.17) is 9.47 Å². The molecular formula is C16H23NO4. The smallest absolute Gasteiger partial charge is 0.246 e. The fourth-order valence-corrected chi connectivity index (χ4v) is 1.85. The van der Waals surface area contributed by atoms with Gasteiger partial charge in [0.2, 0.25) is 5.91 Å². The van der Waals surface area contributed by atoms with Gasteiger partial charge >= 0.3 is 0 Å². The average molecular weight is 293 g/mol. The molecule has 1 aromatic carbocycles. The summed E-state index contributed by atoms with van der Waals surface area (Å²) in [7, 11) is 0. The first-order valence-corrected chi connectivity index (χ1v) is 7.06. The summed E-state index contributed by atoms with van der Waals surface area (Å²) in [6, 6.07) is 8.93. The SMILES string of the molecule is CC(=O)C(NC(=O)COCCOc1ccccc1)C(C)C. The van der Waals surface area contributed by atoms with Crippen LogP contribution < -0.4 is 10.1 Å². The molecule has 1 unspecified atom stereocenters. The molecule has 0 radical (unpaired) electrons. The largest absolute Gasteiger partial charge is 0.491 e. The molecule has 0 spiro atoms. The van der Waals surface area contributed by atoms with Crippen LogP contribution in [0.2, 0.25) is 0 Å². The molecule has 0 saturated heterocycles. The Kier molecular flexibility index (Phi) is 7.46. The first-order valence-electron chi connectivity index (χ1n) is 7.06. The first kappa shape index (κ1) is 17.2. The van der Waals surface area contributed by atoms with Gasteiger partial charge in [-0.05, 0) is 25.0 Å². The van der Waals surface area contributed by atoms with Gasteiger partial charge in [0.25, 0.3) is 0 Å². The van der Waals surface area contributed by atoms with Gasteiger partial charge in [-0.2, -0.15) is 0 Å². The van der Waals surface area contributed by atoms with Gasteiger partial charge in [0, 0.05) is 0 Å². The maximum atomic E-state index is 11.7. The summed E-state index contributed by atoms with van der Waals surface area (Å²) < 4.78 is 10.7. The number of amides is 1. The summed E-state index contributed by atoms with van der Waals surface area (Å²) in [6.07, 6.45) is 0. The maximum absolute atomic E-state index is 11.7. The quantitative estimate of drug-likeness (QED) is 0.705. The van der Waals surface area contributed by atoms with Gasteiger partial charge in [-0.1, -0.05) is 32.0 Å². The standard InChI is InChI=1S/C16H23NO4/c1-12(2)16(13(3)18)17-15(19)11-20-9-10-21-14-7-5-4-6-8-14/h4-8,12,16H,9-11H2,1-3H3,(H,17,19). The number of benzene rings is 1. The molecule has 0 aliphatic rings. The minimum atomic E-state index is -0.457. The number of hydrogen-bond acceptors (Lipinski definition) is 4. The molecule has 0 fully saturated rings. The number of rotatable bonds is 9. The molecule has 1 N–H and O–H groups in total. The van der Waals surface area contributed by atoms with E-state index in [1.807, 2.05) is 44.2 Å². The lowest BCUT2D eigenvalue weighted by atomic mass is 10.0. The highest BCUT2D eigenvalue weighted by Gasteiger charge is 2.20. The van der Waals surface area contributed by atoms with E-state index in [1.54, 1.807) is 0 Å². The Morgan fingerprint density at radius 1 is 1.14 bits per heavy atom. The summed E-state index contributed by atoms with van der Waals surface area (Å²) >= 11 is 0. The molecule has 1 atom stereocenters. The van der Waals surface area contributed by atoms with E-state index in [-0.39, 0.29) is 24.2 Å². The molecule has 0 heterocycles. The van der Waals surface area contributed by atoms with Crippen LogP contribution in [0.1, 0.15) is 20.8 Å². The summed E-state index contributed by atoms with van der Waals surface area (Å²) in [5.74, 6) is 0.490. The minimum Gasteiger partial charge on any atom is -0.491 e. The number of carbonyl (C=O) groups excluding carboxylic acids is 2. The predicted octanol–water partition coefficient (Wildman–Crippen LogP) is 1.81. The fourth-order valence-electron chi connectivity index (χ4n) is 1.85. The molecule has 5 heteroatoms. The molecule has 1 aromatic rings. The number of Topliss-reactive ketones (excluding diaryl/α,β-unsaturated/α-hetero) is 1. The second-order valence-corrected chi connectivity index (χ2v) is 5.11. The van der Waals surface area contributed by atoms with Crippen LogP contribution in [-0.2, 0) is 14.3 Å². The van der Waals surface area contributed by atoms with Crippen molar-refractivity contribution in [1.29, 1.82) is 0 Å². The van der Waals surface area contributed by atoms with Crippen LogP contribution in [0.25, 0.3) is 0 Å². The zero-order valence-corrected chi connectivity index (χ0v) is 12.8. The van der Waals surface area contributed by atoms with E-state index in [0.717, 1.165) is 5.75 Å². The third-order valence-corrected chi connectivity index (χ3v) is 2.89. The summed E-state index contributed by atoms with van der Waals surface area (Å²) in [4.78, 5) is 23.0. The lowest BCUT2D eigenvalue weighted by Crippen LogP contribution is -2.44. The summed E-state index contributed by atoms with van der Waals surface area (Å²) in [5, 5.41) is 2.67. The molecule has 21 heavy (non-hydrogen) atoms. The van der Waals surface area contributed by atoms with Crippen LogP contribution in [0.5, 0.6) is 5.75 Å².